The van der Waals surface area contributed by atoms with Gasteiger partial charge in [-0.25, -0.2) is 8.78 Å². The number of morpholine rings is 1. The van der Waals surface area contributed by atoms with Gasteiger partial charge in [-0.2, -0.15) is 0 Å². The second-order valence-corrected chi connectivity index (χ2v) is 8.74. The van der Waals surface area contributed by atoms with Crippen LogP contribution in [-0.4, -0.2) is 78.8 Å². The van der Waals surface area contributed by atoms with Crippen molar-refractivity contribution in [3.8, 4) is 0 Å². The number of benzene rings is 1. The lowest BCUT2D eigenvalue weighted by atomic mass is 9.93. The van der Waals surface area contributed by atoms with Crippen molar-refractivity contribution in [2.45, 2.75) is 44.4 Å². The van der Waals surface area contributed by atoms with Crippen LogP contribution in [0, 0.1) is 5.82 Å². The van der Waals surface area contributed by atoms with Crippen molar-refractivity contribution in [2.75, 3.05) is 39.4 Å². The summed E-state index contributed by atoms with van der Waals surface area (Å²) < 4.78 is 34.0. The van der Waals surface area contributed by atoms with E-state index in [4.69, 9.17) is 16.3 Å². The van der Waals surface area contributed by atoms with Gasteiger partial charge in [-0.3, -0.25) is 14.5 Å². The Balaban J connectivity index is 1.48. The molecule has 0 aliphatic carbocycles. The second kappa shape index (κ2) is 9.58. The van der Waals surface area contributed by atoms with Crippen molar-refractivity contribution in [3.63, 3.8) is 0 Å². The molecule has 2 aliphatic heterocycles. The van der Waals surface area contributed by atoms with Crippen molar-refractivity contribution < 1.29 is 23.1 Å². The van der Waals surface area contributed by atoms with Crippen LogP contribution in [0.2, 0.25) is 5.02 Å². The molecule has 9 heteroatoms. The normalized spacial score (nSPS) is 24.5. The van der Waals surface area contributed by atoms with Gasteiger partial charge in [-0.05, 0) is 44.9 Å². The summed E-state index contributed by atoms with van der Waals surface area (Å²) >= 11 is 5.76. The molecule has 0 unspecified atom stereocenters. The molecule has 0 aromatic heterocycles. The van der Waals surface area contributed by atoms with E-state index in [0.29, 0.717) is 26.3 Å². The summed E-state index contributed by atoms with van der Waals surface area (Å²) in [5, 5.41) is 2.64. The first-order valence-electron chi connectivity index (χ1n) is 10.2. The molecule has 2 heterocycles. The predicted molar refractivity (Wildman–Crippen MR) is 110 cm³/mol. The maximum Gasteiger partial charge on any atom is 0.251 e. The number of ether oxygens (including phenoxy) is 1. The predicted octanol–water partition coefficient (Wildman–Crippen LogP) is 2.65. The number of carbonyl (C=O) groups excluding carboxylic acids is 2. The fraction of sp³-hybridized carbons (Fsp3) is 0.619. The Bertz CT molecular complexity index is 757. The molecular formula is C21H28ClF2N3O3. The average molecular weight is 444 g/mol. The van der Waals surface area contributed by atoms with E-state index in [1.165, 1.54) is 6.07 Å². The molecule has 2 fully saturated rings. The summed E-state index contributed by atoms with van der Waals surface area (Å²) in [5.74, 6) is -1.16. The zero-order valence-electron chi connectivity index (χ0n) is 17.3. The van der Waals surface area contributed by atoms with Gasteiger partial charge in [0.15, 0.2) is 0 Å². The lowest BCUT2D eigenvalue weighted by Gasteiger charge is -2.41. The number of likely N-dealkylation sites (tertiary alicyclic amines) is 1. The Hall–Kier alpha value is -1.77. The van der Waals surface area contributed by atoms with Gasteiger partial charge in [0, 0.05) is 23.7 Å². The highest BCUT2D eigenvalue weighted by Gasteiger charge is 2.37. The first kappa shape index (κ1) is 22.9. The molecule has 30 heavy (non-hydrogen) atoms. The first-order valence-corrected chi connectivity index (χ1v) is 10.6. The van der Waals surface area contributed by atoms with E-state index in [1.54, 1.807) is 0 Å². The van der Waals surface area contributed by atoms with Crippen molar-refractivity contribution in [1.82, 2.24) is 15.1 Å². The maximum absolute atomic E-state index is 15.1. The van der Waals surface area contributed by atoms with Gasteiger partial charge in [0.2, 0.25) is 5.91 Å². The Kier molecular flexibility index (Phi) is 7.31. The third-order valence-corrected chi connectivity index (χ3v) is 5.98. The summed E-state index contributed by atoms with van der Waals surface area (Å²) in [5.41, 5.74) is -1.51. The third-order valence-electron chi connectivity index (χ3n) is 5.76. The number of halogens is 3. The van der Waals surface area contributed by atoms with E-state index < -0.39 is 17.4 Å². The van der Waals surface area contributed by atoms with Crippen molar-refractivity contribution >= 4 is 23.4 Å². The minimum atomic E-state index is -1.56. The maximum atomic E-state index is 15.1. The average Bonchev–Trinajstić information content (AvgIpc) is 2.67. The number of hydrogen-bond donors (Lipinski definition) is 1. The number of nitrogens with zero attached hydrogens (tertiary/aromatic N) is 2. The van der Waals surface area contributed by atoms with Crippen LogP contribution in [0.25, 0.3) is 0 Å². The standard InChI is InChI=1S/C21H28ClF2N3O3/c1-14-11-30-12-15(2)27(14)19(28)10-26-5-3-21(24,4-6-26)13-25-20(29)16-7-17(22)9-18(23)8-16/h7-9,14-15H,3-6,10-13H2,1-2H3,(H,25,29)/t14-,15-/m1/s1. The van der Waals surface area contributed by atoms with Gasteiger partial charge in [-0.1, -0.05) is 11.6 Å². The van der Waals surface area contributed by atoms with E-state index in [1.807, 2.05) is 23.6 Å². The number of hydrogen-bond acceptors (Lipinski definition) is 4. The summed E-state index contributed by atoms with van der Waals surface area (Å²) in [6.07, 6.45) is 0.414. The molecule has 0 bridgehead atoms. The van der Waals surface area contributed by atoms with Crippen molar-refractivity contribution in [2.24, 2.45) is 0 Å². The zero-order chi connectivity index (χ0) is 21.9. The van der Waals surface area contributed by atoms with E-state index >= 15 is 4.39 Å². The lowest BCUT2D eigenvalue weighted by molar-refractivity contribution is -0.146. The minimum absolute atomic E-state index is 0.0258. The topological polar surface area (TPSA) is 61.9 Å². The molecule has 1 aromatic carbocycles. The molecule has 0 radical (unpaired) electrons. The fourth-order valence-corrected chi connectivity index (χ4v) is 4.30. The van der Waals surface area contributed by atoms with Crippen LogP contribution in [0.1, 0.15) is 37.0 Å². The van der Waals surface area contributed by atoms with Crippen LogP contribution in [0.3, 0.4) is 0 Å². The molecular weight excluding hydrogens is 416 g/mol. The van der Waals surface area contributed by atoms with Gasteiger partial charge < -0.3 is 15.0 Å². The molecule has 3 rings (SSSR count). The Labute approximate surface area is 180 Å². The number of carbonyl (C=O) groups is 2. The highest BCUT2D eigenvalue weighted by Crippen LogP contribution is 2.26. The summed E-state index contributed by atoms with van der Waals surface area (Å²) in [6, 6.07) is 3.56. The van der Waals surface area contributed by atoms with Gasteiger partial charge in [-0.15, -0.1) is 0 Å². The van der Waals surface area contributed by atoms with Crippen molar-refractivity contribution in [1.29, 1.82) is 0 Å². The summed E-state index contributed by atoms with van der Waals surface area (Å²) in [4.78, 5) is 28.7. The molecule has 2 saturated heterocycles. The summed E-state index contributed by atoms with van der Waals surface area (Å²) in [7, 11) is 0. The fourth-order valence-electron chi connectivity index (χ4n) is 4.08. The van der Waals surface area contributed by atoms with E-state index in [2.05, 4.69) is 5.32 Å². The zero-order valence-corrected chi connectivity index (χ0v) is 18.1. The molecule has 2 aliphatic rings. The monoisotopic (exact) mass is 443 g/mol. The first-order chi connectivity index (χ1) is 14.2. The molecule has 2 amide bonds. The quantitative estimate of drug-likeness (QED) is 0.760. The number of rotatable bonds is 5. The number of piperidine rings is 1. The molecule has 166 valence electrons. The molecule has 1 N–H and O–H groups in total. The van der Waals surface area contributed by atoms with E-state index in [9.17, 15) is 14.0 Å². The van der Waals surface area contributed by atoms with Crippen LogP contribution < -0.4 is 5.32 Å². The summed E-state index contributed by atoms with van der Waals surface area (Å²) in [6.45, 7) is 5.92. The largest absolute Gasteiger partial charge is 0.377 e. The highest BCUT2D eigenvalue weighted by molar-refractivity contribution is 6.31. The van der Waals surface area contributed by atoms with Crippen LogP contribution in [-0.2, 0) is 9.53 Å². The minimum Gasteiger partial charge on any atom is -0.377 e. The Morgan fingerprint density at radius 2 is 1.83 bits per heavy atom. The number of nitrogens with one attached hydrogen (secondary N) is 1. The van der Waals surface area contributed by atoms with E-state index in [0.717, 1.165) is 12.1 Å². The molecule has 0 spiro atoms. The van der Waals surface area contributed by atoms with Crippen LogP contribution in [0.15, 0.2) is 18.2 Å². The number of amides is 2. The second-order valence-electron chi connectivity index (χ2n) is 8.30. The van der Waals surface area contributed by atoms with Crippen LogP contribution in [0.5, 0.6) is 0 Å². The Morgan fingerprint density at radius 3 is 2.43 bits per heavy atom. The van der Waals surface area contributed by atoms with Gasteiger partial charge in [0.25, 0.3) is 5.91 Å². The molecule has 6 nitrogen and oxygen atoms in total. The lowest BCUT2D eigenvalue weighted by Crippen LogP contribution is -2.56. The van der Waals surface area contributed by atoms with Crippen LogP contribution >= 0.6 is 11.6 Å². The van der Waals surface area contributed by atoms with Gasteiger partial charge in [0.1, 0.15) is 11.5 Å². The SMILES string of the molecule is C[C@@H]1COC[C@@H](C)N1C(=O)CN1CCC(F)(CNC(=O)c2cc(F)cc(Cl)c2)CC1. The molecule has 0 saturated carbocycles. The number of alkyl halides is 1. The van der Waals surface area contributed by atoms with E-state index in [-0.39, 0.29) is 54.5 Å². The van der Waals surface area contributed by atoms with Crippen molar-refractivity contribution in [3.05, 3.63) is 34.6 Å². The Morgan fingerprint density at radius 1 is 1.20 bits per heavy atom. The van der Waals surface area contributed by atoms with Gasteiger partial charge in [0.05, 0.1) is 38.4 Å². The smallest absolute Gasteiger partial charge is 0.251 e. The molecule has 2 atom stereocenters. The highest BCUT2D eigenvalue weighted by atomic mass is 35.5. The molecule has 1 aromatic rings. The van der Waals surface area contributed by atoms with Gasteiger partial charge >= 0.3 is 0 Å². The van der Waals surface area contributed by atoms with Crippen LogP contribution in [0.4, 0.5) is 8.78 Å². The third kappa shape index (κ3) is 5.68.